The smallest absolute Gasteiger partial charge is 0.105 e. The lowest BCUT2D eigenvalue weighted by molar-refractivity contribution is 0.479. The van der Waals surface area contributed by atoms with Gasteiger partial charge in [-0.2, -0.15) is 5.10 Å². The molecule has 0 fully saturated rings. The molecule has 0 spiro atoms. The normalized spacial score (nSPS) is 13.0. The zero-order valence-corrected chi connectivity index (χ0v) is 8.97. The van der Waals surface area contributed by atoms with Crippen LogP contribution in [0.4, 0.5) is 0 Å². The van der Waals surface area contributed by atoms with Gasteiger partial charge >= 0.3 is 0 Å². The fourth-order valence-corrected chi connectivity index (χ4v) is 1.73. The monoisotopic (exact) mass is 205 g/mol. The minimum absolute atomic E-state index is 0.0673. The molecule has 0 aliphatic heterocycles. The number of hydrogen-bond acceptors (Lipinski definition) is 3. The molecule has 0 amide bonds. The van der Waals surface area contributed by atoms with Gasteiger partial charge in [0.25, 0.3) is 0 Å². The molecule has 0 aliphatic rings. The van der Waals surface area contributed by atoms with Crippen molar-refractivity contribution in [2.45, 2.75) is 19.4 Å². The van der Waals surface area contributed by atoms with E-state index in [9.17, 15) is 0 Å². The third-order valence-electron chi connectivity index (χ3n) is 2.42. The van der Waals surface area contributed by atoms with Gasteiger partial charge in [-0.1, -0.05) is 0 Å². The highest BCUT2D eigenvalue weighted by atomic mass is 16.3. The van der Waals surface area contributed by atoms with Crippen LogP contribution in [0.3, 0.4) is 0 Å². The first kappa shape index (κ1) is 9.98. The fourth-order valence-electron chi connectivity index (χ4n) is 1.73. The van der Waals surface area contributed by atoms with Crippen LogP contribution in [0.2, 0.25) is 0 Å². The molecule has 0 radical (unpaired) electrons. The molecule has 2 aromatic heterocycles. The summed E-state index contributed by atoms with van der Waals surface area (Å²) in [6, 6.07) is 5.75. The minimum Gasteiger partial charge on any atom is -0.469 e. The number of nitrogens with zero attached hydrogens (tertiary/aromatic N) is 2. The molecule has 0 aliphatic carbocycles. The molecular formula is C11H15N3O. The van der Waals surface area contributed by atoms with Gasteiger partial charge in [-0.3, -0.25) is 4.68 Å². The molecule has 2 rings (SSSR count). The number of nitrogens with two attached hydrogens (primary N) is 1. The molecule has 0 aromatic carbocycles. The van der Waals surface area contributed by atoms with E-state index in [4.69, 9.17) is 10.2 Å². The van der Waals surface area contributed by atoms with Crippen molar-refractivity contribution >= 4 is 0 Å². The summed E-state index contributed by atoms with van der Waals surface area (Å²) < 4.78 is 7.09. The lowest BCUT2D eigenvalue weighted by Gasteiger charge is -2.09. The number of hydrogen-bond donors (Lipinski definition) is 1. The molecule has 2 N–H and O–H groups in total. The first-order valence-electron chi connectivity index (χ1n) is 4.95. The van der Waals surface area contributed by atoms with Gasteiger partial charge in [0, 0.05) is 13.5 Å². The van der Waals surface area contributed by atoms with Gasteiger partial charge in [-0.05, 0) is 25.1 Å². The van der Waals surface area contributed by atoms with E-state index in [1.165, 1.54) is 0 Å². The van der Waals surface area contributed by atoms with Gasteiger partial charge in [0.05, 0.1) is 23.7 Å². The summed E-state index contributed by atoms with van der Waals surface area (Å²) >= 11 is 0. The standard InChI is InChI=1S/C11H15N3O/c1-8-6-11(14(2)13-8)10(12)7-9-4-3-5-15-9/h3-6,10H,7,12H2,1-2H3. The Morgan fingerprint density at radius 2 is 2.40 bits per heavy atom. The molecule has 2 aromatic rings. The predicted octanol–water partition coefficient (Wildman–Crippen LogP) is 1.56. The van der Waals surface area contributed by atoms with Crippen LogP contribution < -0.4 is 5.73 Å². The molecule has 15 heavy (non-hydrogen) atoms. The number of aromatic nitrogens is 2. The average Bonchev–Trinajstić information content (AvgIpc) is 2.75. The number of aryl methyl sites for hydroxylation is 2. The van der Waals surface area contributed by atoms with E-state index < -0.39 is 0 Å². The van der Waals surface area contributed by atoms with Crippen LogP contribution in [0.15, 0.2) is 28.9 Å². The summed E-state index contributed by atoms with van der Waals surface area (Å²) in [4.78, 5) is 0. The average molecular weight is 205 g/mol. The number of furan rings is 1. The van der Waals surface area contributed by atoms with Crippen molar-refractivity contribution < 1.29 is 4.42 Å². The first-order chi connectivity index (χ1) is 7.16. The first-order valence-corrected chi connectivity index (χ1v) is 4.95. The van der Waals surface area contributed by atoms with E-state index >= 15 is 0 Å². The number of rotatable bonds is 3. The molecular weight excluding hydrogens is 190 g/mol. The Morgan fingerprint density at radius 1 is 1.60 bits per heavy atom. The van der Waals surface area contributed by atoms with Gasteiger partial charge < -0.3 is 10.2 Å². The van der Waals surface area contributed by atoms with E-state index in [1.54, 1.807) is 6.26 Å². The van der Waals surface area contributed by atoms with Crippen LogP contribution in [0.25, 0.3) is 0 Å². The summed E-state index contributed by atoms with van der Waals surface area (Å²) in [6.07, 6.45) is 2.36. The molecule has 80 valence electrons. The summed E-state index contributed by atoms with van der Waals surface area (Å²) in [6.45, 7) is 1.96. The van der Waals surface area contributed by atoms with Crippen molar-refractivity contribution in [3.8, 4) is 0 Å². The zero-order valence-electron chi connectivity index (χ0n) is 8.97. The van der Waals surface area contributed by atoms with Crippen LogP contribution in [0.5, 0.6) is 0 Å². The van der Waals surface area contributed by atoms with Crippen LogP contribution in [-0.2, 0) is 13.5 Å². The van der Waals surface area contributed by atoms with Gasteiger partial charge in [-0.25, -0.2) is 0 Å². The van der Waals surface area contributed by atoms with Gasteiger partial charge in [-0.15, -0.1) is 0 Å². The summed E-state index contributed by atoms with van der Waals surface area (Å²) in [5.41, 5.74) is 8.10. The fraction of sp³-hybridized carbons (Fsp3) is 0.364. The Morgan fingerprint density at radius 3 is 2.93 bits per heavy atom. The Hall–Kier alpha value is -1.55. The quantitative estimate of drug-likeness (QED) is 0.827. The highest BCUT2D eigenvalue weighted by molar-refractivity contribution is 5.15. The molecule has 2 heterocycles. The maximum atomic E-state index is 6.08. The second-order valence-electron chi connectivity index (χ2n) is 3.72. The van der Waals surface area contributed by atoms with Gasteiger partial charge in [0.1, 0.15) is 5.76 Å². The third kappa shape index (κ3) is 2.10. The van der Waals surface area contributed by atoms with Gasteiger partial charge in [0.15, 0.2) is 0 Å². The Kier molecular flexibility index (Phi) is 2.60. The molecule has 1 atom stereocenters. The third-order valence-corrected chi connectivity index (χ3v) is 2.42. The predicted molar refractivity (Wildman–Crippen MR) is 57.3 cm³/mol. The lowest BCUT2D eigenvalue weighted by atomic mass is 10.1. The van der Waals surface area contributed by atoms with Crippen molar-refractivity contribution in [2.24, 2.45) is 12.8 Å². The SMILES string of the molecule is Cc1cc(C(N)Cc2ccco2)n(C)n1. The maximum absolute atomic E-state index is 6.08. The summed E-state index contributed by atoms with van der Waals surface area (Å²) in [5.74, 6) is 0.904. The topological polar surface area (TPSA) is 57.0 Å². The highest BCUT2D eigenvalue weighted by Crippen LogP contribution is 2.16. The van der Waals surface area contributed by atoms with Crippen LogP contribution in [-0.4, -0.2) is 9.78 Å². The van der Waals surface area contributed by atoms with Crippen molar-refractivity contribution in [1.82, 2.24) is 9.78 Å². The lowest BCUT2D eigenvalue weighted by Crippen LogP contribution is -2.16. The minimum atomic E-state index is -0.0673. The van der Waals surface area contributed by atoms with Crippen molar-refractivity contribution in [1.29, 1.82) is 0 Å². The van der Waals surface area contributed by atoms with E-state index in [-0.39, 0.29) is 6.04 Å². The Balaban J connectivity index is 2.14. The summed E-state index contributed by atoms with van der Waals surface area (Å²) in [5, 5.41) is 4.27. The van der Waals surface area contributed by atoms with Crippen molar-refractivity contribution in [3.05, 3.63) is 41.6 Å². The Bertz CT molecular complexity index is 431. The van der Waals surface area contributed by atoms with E-state index in [0.29, 0.717) is 6.42 Å². The molecule has 1 unspecified atom stereocenters. The molecule has 0 saturated carbocycles. The second-order valence-corrected chi connectivity index (χ2v) is 3.72. The molecule has 0 bridgehead atoms. The van der Waals surface area contributed by atoms with Crippen LogP contribution in [0, 0.1) is 6.92 Å². The zero-order chi connectivity index (χ0) is 10.8. The van der Waals surface area contributed by atoms with E-state index in [0.717, 1.165) is 17.1 Å². The van der Waals surface area contributed by atoms with Crippen LogP contribution in [0.1, 0.15) is 23.2 Å². The molecule has 0 saturated heterocycles. The van der Waals surface area contributed by atoms with Crippen LogP contribution >= 0.6 is 0 Å². The molecule has 4 heteroatoms. The highest BCUT2D eigenvalue weighted by Gasteiger charge is 2.13. The largest absolute Gasteiger partial charge is 0.469 e. The molecule has 4 nitrogen and oxygen atoms in total. The van der Waals surface area contributed by atoms with Gasteiger partial charge in [0.2, 0.25) is 0 Å². The van der Waals surface area contributed by atoms with E-state index in [1.807, 2.05) is 36.9 Å². The summed E-state index contributed by atoms with van der Waals surface area (Å²) in [7, 11) is 1.91. The Labute approximate surface area is 88.7 Å². The van der Waals surface area contributed by atoms with Crippen molar-refractivity contribution in [2.75, 3.05) is 0 Å². The second kappa shape index (κ2) is 3.90. The van der Waals surface area contributed by atoms with E-state index in [2.05, 4.69) is 5.10 Å². The van der Waals surface area contributed by atoms with Crippen molar-refractivity contribution in [3.63, 3.8) is 0 Å². The maximum Gasteiger partial charge on any atom is 0.105 e.